The second-order valence-electron chi connectivity index (χ2n) is 3.57. The molecule has 0 spiro atoms. The van der Waals surface area contributed by atoms with E-state index in [2.05, 4.69) is 6.92 Å². The van der Waals surface area contributed by atoms with Crippen molar-refractivity contribution in [3.8, 4) is 11.8 Å². The molecule has 0 aliphatic carbocycles. The third-order valence-electron chi connectivity index (χ3n) is 2.32. The molecule has 17 heavy (non-hydrogen) atoms. The lowest BCUT2D eigenvalue weighted by Gasteiger charge is -2.07. The van der Waals surface area contributed by atoms with Crippen LogP contribution in [0.3, 0.4) is 0 Å². The highest BCUT2D eigenvalue weighted by atomic mass is 16.6. The van der Waals surface area contributed by atoms with E-state index in [0.717, 1.165) is 19.3 Å². The first-order chi connectivity index (χ1) is 8.20. The SMILES string of the molecule is CCCCCOc1cccc([N+](=O)[O-])c1C#N. The van der Waals surface area contributed by atoms with E-state index in [9.17, 15) is 10.1 Å². The predicted molar refractivity (Wildman–Crippen MR) is 62.8 cm³/mol. The van der Waals surface area contributed by atoms with E-state index in [1.54, 1.807) is 6.07 Å². The molecule has 1 aromatic rings. The summed E-state index contributed by atoms with van der Waals surface area (Å²) in [5.74, 6) is 0.290. The number of unbranched alkanes of at least 4 members (excludes halogenated alkanes) is 2. The van der Waals surface area contributed by atoms with Crippen LogP contribution in [0.2, 0.25) is 0 Å². The molecular formula is C12H14N2O3. The number of nitrogens with zero attached hydrogens (tertiary/aromatic N) is 2. The molecule has 1 rings (SSSR count). The smallest absolute Gasteiger partial charge is 0.290 e. The number of nitro benzene ring substituents is 1. The number of rotatable bonds is 6. The molecule has 0 saturated carbocycles. The zero-order chi connectivity index (χ0) is 12.7. The molecule has 0 radical (unpaired) electrons. The number of ether oxygens (including phenoxy) is 1. The van der Waals surface area contributed by atoms with Gasteiger partial charge in [0.1, 0.15) is 11.8 Å². The molecule has 0 bridgehead atoms. The second-order valence-corrected chi connectivity index (χ2v) is 3.57. The quantitative estimate of drug-likeness (QED) is 0.430. The van der Waals surface area contributed by atoms with E-state index in [-0.39, 0.29) is 17.0 Å². The average molecular weight is 234 g/mol. The molecule has 0 unspecified atom stereocenters. The van der Waals surface area contributed by atoms with Crippen LogP contribution in [0.25, 0.3) is 0 Å². The maximum absolute atomic E-state index is 10.7. The normalized spacial score (nSPS) is 9.65. The van der Waals surface area contributed by atoms with Crippen LogP contribution < -0.4 is 4.74 Å². The first kappa shape index (κ1) is 13.0. The number of nitro groups is 1. The first-order valence-electron chi connectivity index (χ1n) is 5.51. The van der Waals surface area contributed by atoms with Gasteiger partial charge in [0, 0.05) is 6.07 Å². The van der Waals surface area contributed by atoms with E-state index in [1.807, 2.05) is 6.07 Å². The van der Waals surface area contributed by atoms with Gasteiger partial charge in [0.2, 0.25) is 0 Å². The molecular weight excluding hydrogens is 220 g/mol. The summed E-state index contributed by atoms with van der Waals surface area (Å²) >= 11 is 0. The van der Waals surface area contributed by atoms with Crippen LogP contribution >= 0.6 is 0 Å². The highest BCUT2D eigenvalue weighted by molar-refractivity contribution is 5.56. The van der Waals surface area contributed by atoms with Crippen molar-refractivity contribution in [1.29, 1.82) is 5.26 Å². The van der Waals surface area contributed by atoms with Crippen LogP contribution in [0.4, 0.5) is 5.69 Å². The maximum atomic E-state index is 10.7. The van der Waals surface area contributed by atoms with Crippen LogP contribution in [0.1, 0.15) is 31.7 Å². The van der Waals surface area contributed by atoms with Gasteiger partial charge in [-0.1, -0.05) is 25.8 Å². The molecule has 0 saturated heterocycles. The minimum atomic E-state index is -0.572. The fraction of sp³-hybridized carbons (Fsp3) is 0.417. The summed E-state index contributed by atoms with van der Waals surface area (Å²) in [4.78, 5) is 10.1. The molecule has 5 heteroatoms. The summed E-state index contributed by atoms with van der Waals surface area (Å²) in [7, 11) is 0. The Hall–Kier alpha value is -2.09. The van der Waals surface area contributed by atoms with Gasteiger partial charge in [-0.3, -0.25) is 10.1 Å². The lowest BCUT2D eigenvalue weighted by molar-refractivity contribution is -0.385. The van der Waals surface area contributed by atoms with E-state index < -0.39 is 4.92 Å². The topological polar surface area (TPSA) is 76.2 Å². The fourth-order valence-corrected chi connectivity index (χ4v) is 1.44. The third kappa shape index (κ3) is 3.45. The Kier molecular flexibility index (Phi) is 4.95. The highest BCUT2D eigenvalue weighted by Crippen LogP contribution is 2.27. The monoisotopic (exact) mass is 234 g/mol. The summed E-state index contributed by atoms with van der Waals surface area (Å²) in [6.07, 6.45) is 2.99. The molecule has 0 atom stereocenters. The van der Waals surface area contributed by atoms with Gasteiger partial charge in [0.15, 0.2) is 5.56 Å². The Morgan fingerprint density at radius 2 is 2.24 bits per heavy atom. The zero-order valence-corrected chi connectivity index (χ0v) is 9.68. The third-order valence-corrected chi connectivity index (χ3v) is 2.32. The fourth-order valence-electron chi connectivity index (χ4n) is 1.44. The molecule has 0 aliphatic heterocycles. The van der Waals surface area contributed by atoms with Crippen molar-refractivity contribution < 1.29 is 9.66 Å². The first-order valence-corrected chi connectivity index (χ1v) is 5.51. The van der Waals surface area contributed by atoms with Gasteiger partial charge in [-0.25, -0.2) is 0 Å². The molecule has 0 heterocycles. The highest BCUT2D eigenvalue weighted by Gasteiger charge is 2.17. The summed E-state index contributed by atoms with van der Waals surface area (Å²) in [6.45, 7) is 2.55. The average Bonchev–Trinajstić information content (AvgIpc) is 2.34. The van der Waals surface area contributed by atoms with Crippen molar-refractivity contribution in [2.45, 2.75) is 26.2 Å². The standard InChI is InChI=1S/C12H14N2O3/c1-2-3-4-8-17-12-7-5-6-11(14(15)16)10(12)9-13/h5-7H,2-4,8H2,1H3. The summed E-state index contributed by atoms with van der Waals surface area (Å²) < 4.78 is 5.39. The Morgan fingerprint density at radius 1 is 1.47 bits per heavy atom. The van der Waals surface area contributed by atoms with Gasteiger partial charge in [0.25, 0.3) is 5.69 Å². The predicted octanol–water partition coefficient (Wildman–Crippen LogP) is 3.04. The van der Waals surface area contributed by atoms with Crippen molar-refractivity contribution in [1.82, 2.24) is 0 Å². The lowest BCUT2D eigenvalue weighted by atomic mass is 10.2. The Bertz CT molecular complexity index is 438. The zero-order valence-electron chi connectivity index (χ0n) is 9.68. The molecule has 5 nitrogen and oxygen atoms in total. The van der Waals surface area contributed by atoms with Crippen LogP contribution in [-0.2, 0) is 0 Å². The minimum Gasteiger partial charge on any atom is -0.492 e. The van der Waals surface area contributed by atoms with E-state index in [0.29, 0.717) is 6.61 Å². The van der Waals surface area contributed by atoms with Gasteiger partial charge < -0.3 is 4.74 Å². The summed E-state index contributed by atoms with van der Waals surface area (Å²) in [6, 6.07) is 6.23. The maximum Gasteiger partial charge on any atom is 0.290 e. The largest absolute Gasteiger partial charge is 0.492 e. The summed E-state index contributed by atoms with van der Waals surface area (Å²) in [5.41, 5.74) is -0.213. The van der Waals surface area contributed by atoms with Crippen molar-refractivity contribution >= 4 is 5.69 Å². The Morgan fingerprint density at radius 3 is 2.82 bits per heavy atom. The molecule has 0 fully saturated rings. The van der Waals surface area contributed by atoms with E-state index in [4.69, 9.17) is 10.00 Å². The van der Waals surface area contributed by atoms with Crippen molar-refractivity contribution in [2.75, 3.05) is 6.61 Å². The van der Waals surface area contributed by atoms with E-state index in [1.165, 1.54) is 12.1 Å². The number of hydrogen-bond acceptors (Lipinski definition) is 4. The number of nitriles is 1. The molecule has 0 amide bonds. The number of hydrogen-bond donors (Lipinski definition) is 0. The Balaban J connectivity index is 2.82. The van der Waals surface area contributed by atoms with Crippen LogP contribution in [0.5, 0.6) is 5.75 Å². The van der Waals surface area contributed by atoms with Gasteiger partial charge in [-0.05, 0) is 12.5 Å². The van der Waals surface area contributed by atoms with Gasteiger partial charge >= 0.3 is 0 Å². The lowest BCUT2D eigenvalue weighted by Crippen LogP contribution is -2.01. The molecule has 0 aliphatic rings. The summed E-state index contributed by atoms with van der Waals surface area (Å²) in [5, 5.41) is 19.6. The van der Waals surface area contributed by atoms with Crippen LogP contribution in [0, 0.1) is 21.4 Å². The van der Waals surface area contributed by atoms with Crippen molar-refractivity contribution in [3.05, 3.63) is 33.9 Å². The molecule has 0 aromatic heterocycles. The molecule has 90 valence electrons. The van der Waals surface area contributed by atoms with Crippen molar-refractivity contribution in [3.63, 3.8) is 0 Å². The van der Waals surface area contributed by atoms with E-state index >= 15 is 0 Å². The van der Waals surface area contributed by atoms with Gasteiger partial charge in [-0.2, -0.15) is 5.26 Å². The minimum absolute atomic E-state index is 0.00556. The molecule has 0 N–H and O–H groups in total. The second kappa shape index (κ2) is 6.48. The van der Waals surface area contributed by atoms with Crippen LogP contribution in [-0.4, -0.2) is 11.5 Å². The number of benzene rings is 1. The Labute approximate surface area is 99.8 Å². The van der Waals surface area contributed by atoms with Crippen LogP contribution in [0.15, 0.2) is 18.2 Å². The van der Waals surface area contributed by atoms with Gasteiger partial charge in [0.05, 0.1) is 11.5 Å². The molecule has 1 aromatic carbocycles. The van der Waals surface area contributed by atoms with Gasteiger partial charge in [-0.15, -0.1) is 0 Å². The van der Waals surface area contributed by atoms with Crippen molar-refractivity contribution in [2.24, 2.45) is 0 Å².